The van der Waals surface area contributed by atoms with Crippen LogP contribution in [0.2, 0.25) is 5.15 Å². The van der Waals surface area contributed by atoms with Gasteiger partial charge < -0.3 is 0 Å². The lowest BCUT2D eigenvalue weighted by molar-refractivity contribution is 0.900. The summed E-state index contributed by atoms with van der Waals surface area (Å²) in [6.07, 6.45) is 4.97. The van der Waals surface area contributed by atoms with Crippen molar-refractivity contribution in [3.63, 3.8) is 0 Å². The summed E-state index contributed by atoms with van der Waals surface area (Å²) in [7, 11) is 0. The maximum absolute atomic E-state index is 6.48. The first kappa shape index (κ1) is 12.4. The lowest BCUT2D eigenvalue weighted by Gasteiger charge is -2.06. The maximum atomic E-state index is 6.48. The van der Waals surface area contributed by atoms with Crippen molar-refractivity contribution in [3.8, 4) is 11.1 Å². The largest absolute Gasteiger partial charge is 0.233 e. The monoisotopic (exact) mass is 347 g/mol. The summed E-state index contributed by atoms with van der Waals surface area (Å²) in [5, 5.41) is 5.12. The fourth-order valence-electron chi connectivity index (χ4n) is 2.79. The van der Waals surface area contributed by atoms with E-state index in [0.29, 0.717) is 5.15 Å². The highest BCUT2D eigenvalue weighted by Crippen LogP contribution is 2.34. The number of aromatic nitrogens is 3. The van der Waals surface area contributed by atoms with E-state index in [9.17, 15) is 0 Å². The molecule has 20 heavy (non-hydrogen) atoms. The van der Waals surface area contributed by atoms with Gasteiger partial charge in [0.2, 0.25) is 0 Å². The molecular formula is C15H11BrClN3. The average Bonchev–Trinajstić information content (AvgIpc) is 3.07. The molecule has 100 valence electrons. The smallest absolute Gasteiger partial charge is 0.164 e. The van der Waals surface area contributed by atoms with Gasteiger partial charge in [-0.25, -0.2) is 9.50 Å². The molecule has 0 aliphatic heterocycles. The number of halogens is 2. The molecule has 1 aliphatic carbocycles. The van der Waals surface area contributed by atoms with Crippen LogP contribution < -0.4 is 0 Å². The molecule has 0 bridgehead atoms. The Morgan fingerprint density at radius 2 is 2.00 bits per heavy atom. The Hall–Kier alpha value is -1.39. The van der Waals surface area contributed by atoms with Gasteiger partial charge in [-0.1, -0.05) is 45.7 Å². The fourth-order valence-corrected chi connectivity index (χ4v) is 3.62. The van der Waals surface area contributed by atoms with Gasteiger partial charge in [-0.2, -0.15) is 5.10 Å². The molecule has 0 N–H and O–H groups in total. The van der Waals surface area contributed by atoms with E-state index in [2.05, 4.69) is 27.1 Å². The minimum atomic E-state index is 0.709. The van der Waals surface area contributed by atoms with Gasteiger partial charge in [-0.15, -0.1) is 0 Å². The molecule has 0 unspecified atom stereocenters. The summed E-state index contributed by atoms with van der Waals surface area (Å²) >= 11 is 10.1. The van der Waals surface area contributed by atoms with E-state index in [4.69, 9.17) is 16.6 Å². The van der Waals surface area contributed by atoms with Crippen molar-refractivity contribution in [3.05, 3.63) is 51.3 Å². The summed E-state index contributed by atoms with van der Waals surface area (Å²) in [6.45, 7) is 0. The molecule has 4 rings (SSSR count). The van der Waals surface area contributed by atoms with Gasteiger partial charge in [-0.3, -0.25) is 0 Å². The van der Waals surface area contributed by atoms with Crippen molar-refractivity contribution in [1.82, 2.24) is 14.6 Å². The number of nitrogens with zero attached hydrogens (tertiary/aromatic N) is 3. The molecule has 3 aromatic rings. The Balaban J connectivity index is 2.03. The predicted molar refractivity (Wildman–Crippen MR) is 83.2 cm³/mol. The van der Waals surface area contributed by atoms with Crippen LogP contribution in [0.5, 0.6) is 0 Å². The number of rotatable bonds is 1. The van der Waals surface area contributed by atoms with E-state index in [1.165, 1.54) is 0 Å². The normalized spacial score (nSPS) is 13.9. The zero-order valence-corrected chi connectivity index (χ0v) is 12.9. The minimum Gasteiger partial charge on any atom is -0.233 e. The van der Waals surface area contributed by atoms with Crippen LogP contribution in [0.1, 0.15) is 17.7 Å². The molecule has 0 radical (unpaired) electrons. The van der Waals surface area contributed by atoms with Crippen molar-refractivity contribution in [2.75, 3.05) is 0 Å². The van der Waals surface area contributed by atoms with Crippen molar-refractivity contribution in [2.24, 2.45) is 0 Å². The highest BCUT2D eigenvalue weighted by atomic mass is 79.9. The third-order valence-electron chi connectivity index (χ3n) is 3.77. The number of aryl methyl sites for hydroxylation is 1. The van der Waals surface area contributed by atoms with E-state index in [1.807, 2.05) is 24.4 Å². The van der Waals surface area contributed by atoms with Crippen molar-refractivity contribution in [1.29, 1.82) is 0 Å². The third kappa shape index (κ3) is 1.71. The Kier molecular flexibility index (Phi) is 2.82. The number of hydrogen-bond donors (Lipinski definition) is 0. The number of benzene rings is 1. The molecule has 2 aromatic heterocycles. The van der Waals surface area contributed by atoms with Crippen molar-refractivity contribution < 1.29 is 0 Å². The summed E-state index contributed by atoms with van der Waals surface area (Å²) in [5.41, 5.74) is 5.21. The zero-order valence-electron chi connectivity index (χ0n) is 10.6. The highest BCUT2D eigenvalue weighted by molar-refractivity contribution is 9.10. The molecule has 3 nitrogen and oxygen atoms in total. The van der Waals surface area contributed by atoms with Crippen molar-refractivity contribution >= 4 is 33.2 Å². The SMILES string of the molecule is Clc1c2c(nc3c(-c4ccccc4Br)cnn13)CCC2. The van der Waals surface area contributed by atoms with Gasteiger partial charge in [-0.05, 0) is 25.3 Å². The van der Waals surface area contributed by atoms with Gasteiger partial charge in [0.05, 0.1) is 6.20 Å². The van der Waals surface area contributed by atoms with E-state index in [-0.39, 0.29) is 0 Å². The second-order valence-corrected chi connectivity index (χ2v) is 6.17. The van der Waals surface area contributed by atoms with Crippen LogP contribution in [-0.4, -0.2) is 14.6 Å². The lowest BCUT2D eigenvalue weighted by atomic mass is 10.1. The molecule has 0 amide bonds. The van der Waals surface area contributed by atoms with Crippen LogP contribution in [0.25, 0.3) is 16.8 Å². The average molecular weight is 349 g/mol. The first-order valence-corrected chi connectivity index (χ1v) is 7.72. The molecule has 5 heteroatoms. The third-order valence-corrected chi connectivity index (χ3v) is 4.85. The molecule has 1 aromatic carbocycles. The van der Waals surface area contributed by atoms with E-state index >= 15 is 0 Å². The van der Waals surface area contributed by atoms with Gasteiger partial charge in [0.1, 0.15) is 5.15 Å². The minimum absolute atomic E-state index is 0.709. The van der Waals surface area contributed by atoms with E-state index < -0.39 is 0 Å². The van der Waals surface area contributed by atoms with Crippen LogP contribution in [0.15, 0.2) is 34.9 Å². The Bertz CT molecular complexity index is 825. The van der Waals surface area contributed by atoms with Gasteiger partial charge in [0.25, 0.3) is 0 Å². The topological polar surface area (TPSA) is 30.2 Å². The molecule has 0 spiro atoms. The first-order valence-electron chi connectivity index (χ1n) is 6.55. The Morgan fingerprint density at radius 3 is 2.85 bits per heavy atom. The molecule has 0 fully saturated rings. The van der Waals surface area contributed by atoms with E-state index in [0.717, 1.165) is 51.8 Å². The summed E-state index contributed by atoms with van der Waals surface area (Å²) in [6, 6.07) is 8.09. The molecular weight excluding hydrogens is 338 g/mol. The van der Waals surface area contributed by atoms with E-state index in [1.54, 1.807) is 4.52 Å². The highest BCUT2D eigenvalue weighted by Gasteiger charge is 2.21. The molecule has 0 saturated heterocycles. The van der Waals surface area contributed by atoms with Gasteiger partial charge in [0, 0.05) is 26.9 Å². The van der Waals surface area contributed by atoms with Crippen molar-refractivity contribution in [2.45, 2.75) is 19.3 Å². The van der Waals surface area contributed by atoms with Crippen LogP contribution >= 0.6 is 27.5 Å². The summed E-state index contributed by atoms with van der Waals surface area (Å²) in [5.74, 6) is 0. The second-order valence-electron chi connectivity index (χ2n) is 4.95. The van der Waals surface area contributed by atoms with Crippen LogP contribution in [0.4, 0.5) is 0 Å². The number of fused-ring (bicyclic) bond motifs is 2. The van der Waals surface area contributed by atoms with Crippen LogP contribution in [-0.2, 0) is 12.8 Å². The molecule has 2 heterocycles. The Morgan fingerprint density at radius 1 is 1.15 bits per heavy atom. The van der Waals surface area contributed by atoms with Gasteiger partial charge in [0.15, 0.2) is 5.65 Å². The molecule has 0 saturated carbocycles. The van der Waals surface area contributed by atoms with Gasteiger partial charge >= 0.3 is 0 Å². The first-order chi connectivity index (χ1) is 9.75. The molecule has 1 aliphatic rings. The Labute approximate surface area is 129 Å². The number of hydrogen-bond acceptors (Lipinski definition) is 2. The quantitative estimate of drug-likeness (QED) is 0.614. The summed E-state index contributed by atoms with van der Waals surface area (Å²) in [4.78, 5) is 4.79. The van der Waals surface area contributed by atoms with Crippen LogP contribution in [0.3, 0.4) is 0 Å². The summed E-state index contributed by atoms with van der Waals surface area (Å²) < 4.78 is 2.79. The lowest BCUT2D eigenvalue weighted by Crippen LogP contribution is -1.99. The molecule has 0 atom stereocenters. The zero-order chi connectivity index (χ0) is 13.7. The predicted octanol–water partition coefficient (Wildman–Crippen LogP) is 4.30. The van der Waals surface area contributed by atoms with Crippen LogP contribution in [0, 0.1) is 0 Å². The standard InChI is InChI=1S/C15H11BrClN3/c16-12-6-2-1-4-9(12)11-8-18-20-14(17)10-5-3-7-13(10)19-15(11)20/h1-2,4,6,8H,3,5,7H2. The fraction of sp³-hybridized carbons (Fsp3) is 0.200. The second kappa shape index (κ2) is 4.57. The maximum Gasteiger partial charge on any atom is 0.164 e.